The summed E-state index contributed by atoms with van der Waals surface area (Å²) in [6, 6.07) is 5.02. The fourth-order valence-electron chi connectivity index (χ4n) is 0.755. The molecule has 7 heteroatoms. The van der Waals surface area contributed by atoms with Crippen LogP contribution in [0, 0.1) is 0 Å². The molecule has 5 nitrogen and oxygen atoms in total. The summed E-state index contributed by atoms with van der Waals surface area (Å²) in [5.74, 6) is -2.13. The Hall–Kier alpha value is -1.30. The molecule has 0 saturated heterocycles. The Kier molecular flexibility index (Phi) is 5.95. The van der Waals surface area contributed by atoms with E-state index in [4.69, 9.17) is 38.5 Å². The van der Waals surface area contributed by atoms with Gasteiger partial charge in [0.15, 0.2) is 0 Å². The molecule has 0 unspecified atom stereocenters. The lowest BCUT2D eigenvalue weighted by Crippen LogP contribution is -2.00. The van der Waals surface area contributed by atoms with Crippen LogP contribution in [0.3, 0.4) is 0 Å². The molecule has 0 spiro atoms. The molecule has 1 rings (SSSR count). The molecule has 0 atom stereocenters. The van der Waals surface area contributed by atoms with Gasteiger partial charge >= 0.3 is 11.9 Å². The zero-order chi connectivity index (χ0) is 13.6. The number of aromatic carboxylic acids is 2. The molecule has 0 bridgehead atoms. The van der Waals surface area contributed by atoms with Crippen LogP contribution in [0.25, 0.3) is 0 Å². The Morgan fingerprint density at radius 1 is 1.00 bits per heavy atom. The molecule has 17 heavy (non-hydrogen) atoms. The number of benzene rings is 1. The second-order valence-electron chi connectivity index (χ2n) is 3.03. The van der Waals surface area contributed by atoms with Gasteiger partial charge in [0, 0.05) is 0 Å². The highest BCUT2D eigenvalue weighted by Crippen LogP contribution is 2.12. The third kappa shape index (κ3) is 8.50. The molecule has 0 fully saturated rings. The van der Waals surface area contributed by atoms with Crippen LogP contribution in [-0.2, 0) is 0 Å². The third-order valence-electron chi connectivity index (χ3n) is 1.38. The van der Waals surface area contributed by atoms with Crippen LogP contribution in [0.4, 0.5) is 0 Å². The average Bonchev–Trinajstić information content (AvgIpc) is 2.15. The quantitative estimate of drug-likeness (QED) is 0.722. The van der Waals surface area contributed by atoms with Gasteiger partial charge in [-0.2, -0.15) is 0 Å². The van der Waals surface area contributed by atoms with Crippen LogP contribution in [-0.4, -0.2) is 31.8 Å². The zero-order valence-corrected chi connectivity index (χ0v) is 10.2. The molecule has 0 amide bonds. The van der Waals surface area contributed by atoms with Crippen LogP contribution < -0.4 is 0 Å². The summed E-state index contributed by atoms with van der Waals surface area (Å²) in [5.41, 5.74) is 0.167. The zero-order valence-electron chi connectivity index (χ0n) is 8.72. The van der Waals surface area contributed by atoms with Crippen molar-refractivity contribution in [3.8, 4) is 0 Å². The summed E-state index contributed by atoms with van der Waals surface area (Å²) in [4.78, 5) is 20.7. The summed E-state index contributed by atoms with van der Waals surface area (Å²) in [7, 11) is 0. The van der Waals surface area contributed by atoms with Crippen molar-refractivity contribution in [3.63, 3.8) is 0 Å². The Labute approximate surface area is 107 Å². The lowest BCUT2D eigenvalue weighted by molar-refractivity contribution is 0.0681. The number of hydrogen-bond donors (Lipinski definition) is 3. The molecule has 0 aliphatic rings. The van der Waals surface area contributed by atoms with E-state index in [1.165, 1.54) is 31.2 Å². The predicted octanol–water partition coefficient (Wildman–Crippen LogP) is 2.21. The average molecular weight is 281 g/mol. The molecular formula is C10H10Cl2O5. The van der Waals surface area contributed by atoms with Crippen LogP contribution in [0.5, 0.6) is 0 Å². The number of carboxylic acids is 2. The van der Waals surface area contributed by atoms with Gasteiger partial charge in [-0.25, -0.2) is 9.59 Å². The predicted molar refractivity (Wildman–Crippen MR) is 62.7 cm³/mol. The van der Waals surface area contributed by atoms with E-state index in [1.54, 1.807) is 0 Å². The second kappa shape index (κ2) is 6.44. The summed E-state index contributed by atoms with van der Waals surface area (Å²) in [6.07, 6.45) is 0. The largest absolute Gasteiger partial charge is 0.478 e. The van der Waals surface area contributed by atoms with Crippen molar-refractivity contribution in [2.24, 2.45) is 0 Å². The van der Waals surface area contributed by atoms with Crippen molar-refractivity contribution < 1.29 is 24.9 Å². The first-order chi connectivity index (χ1) is 7.61. The molecule has 3 N–H and O–H groups in total. The van der Waals surface area contributed by atoms with Gasteiger partial charge in [-0.05, 0) is 31.2 Å². The first kappa shape index (κ1) is 15.7. The van der Waals surface area contributed by atoms with Crippen molar-refractivity contribution in [2.75, 3.05) is 0 Å². The first-order valence-electron chi connectivity index (χ1n) is 4.28. The molecule has 1 aromatic carbocycles. The fraction of sp³-hybridized carbons (Fsp3) is 0.200. The number of carboxylic acid groups (broad SMARTS) is 2. The van der Waals surface area contributed by atoms with Crippen molar-refractivity contribution in [1.82, 2.24) is 0 Å². The number of rotatable bonds is 2. The topological polar surface area (TPSA) is 94.8 Å². The lowest BCUT2D eigenvalue weighted by Gasteiger charge is -1.97. The number of carbonyl (C=O) groups is 2. The summed E-state index contributed by atoms with van der Waals surface area (Å²) >= 11 is 9.70. The van der Waals surface area contributed by atoms with E-state index >= 15 is 0 Å². The second-order valence-corrected chi connectivity index (χ2v) is 4.70. The van der Waals surface area contributed by atoms with E-state index in [0.717, 1.165) is 0 Å². The van der Waals surface area contributed by atoms with E-state index < -0.39 is 16.5 Å². The smallest absolute Gasteiger partial charge is 0.335 e. The van der Waals surface area contributed by atoms with Gasteiger partial charge in [0.2, 0.25) is 4.52 Å². The van der Waals surface area contributed by atoms with Gasteiger partial charge < -0.3 is 15.3 Å². The van der Waals surface area contributed by atoms with Gasteiger partial charge in [-0.15, -0.1) is 0 Å². The Morgan fingerprint density at radius 2 is 1.18 bits per heavy atom. The minimum absolute atomic E-state index is 0.0833. The van der Waals surface area contributed by atoms with Crippen LogP contribution in [0.15, 0.2) is 24.3 Å². The van der Waals surface area contributed by atoms with Crippen molar-refractivity contribution in [1.29, 1.82) is 0 Å². The molecular weight excluding hydrogens is 271 g/mol. The highest BCUT2D eigenvalue weighted by molar-refractivity contribution is 6.46. The maximum atomic E-state index is 10.3. The molecule has 1 aromatic rings. The SMILES string of the molecule is CC(O)(Cl)Cl.O=C(O)c1ccc(C(=O)O)cc1. The lowest BCUT2D eigenvalue weighted by atomic mass is 10.1. The Morgan fingerprint density at radius 3 is 1.29 bits per heavy atom. The third-order valence-corrected chi connectivity index (χ3v) is 1.38. The molecule has 0 aliphatic carbocycles. The monoisotopic (exact) mass is 280 g/mol. The molecule has 0 aliphatic heterocycles. The molecule has 0 heterocycles. The maximum Gasteiger partial charge on any atom is 0.335 e. The van der Waals surface area contributed by atoms with E-state index in [2.05, 4.69) is 0 Å². The standard InChI is InChI=1S/C8H6O4.C2H4Cl2O/c9-7(10)5-1-2-6(4-3-5)8(11)12;1-2(3,4)5/h1-4H,(H,9,10)(H,11,12);5H,1H3. The fourth-order valence-corrected chi connectivity index (χ4v) is 0.755. The minimum Gasteiger partial charge on any atom is -0.478 e. The Balaban J connectivity index is 0.000000437. The van der Waals surface area contributed by atoms with Crippen molar-refractivity contribution in [3.05, 3.63) is 35.4 Å². The molecule has 0 radical (unpaired) electrons. The normalized spacial score (nSPS) is 10.1. The van der Waals surface area contributed by atoms with Gasteiger partial charge in [0.05, 0.1) is 11.1 Å². The van der Waals surface area contributed by atoms with E-state index in [1.807, 2.05) is 0 Å². The number of halogens is 2. The summed E-state index contributed by atoms with van der Waals surface area (Å²) < 4.78 is -1.56. The van der Waals surface area contributed by atoms with E-state index in [9.17, 15) is 9.59 Å². The molecule has 0 saturated carbocycles. The van der Waals surface area contributed by atoms with E-state index in [0.29, 0.717) is 0 Å². The van der Waals surface area contributed by atoms with Crippen molar-refractivity contribution in [2.45, 2.75) is 11.4 Å². The van der Waals surface area contributed by atoms with Crippen LogP contribution in [0.2, 0.25) is 0 Å². The highest BCUT2D eigenvalue weighted by Gasteiger charge is 2.06. The number of alkyl halides is 2. The summed E-state index contributed by atoms with van der Waals surface area (Å²) in [6.45, 7) is 1.27. The van der Waals surface area contributed by atoms with E-state index in [-0.39, 0.29) is 11.1 Å². The highest BCUT2D eigenvalue weighted by atomic mass is 35.5. The maximum absolute atomic E-state index is 10.3. The first-order valence-corrected chi connectivity index (χ1v) is 5.03. The molecule has 94 valence electrons. The van der Waals surface area contributed by atoms with Crippen LogP contribution in [0.1, 0.15) is 27.6 Å². The van der Waals surface area contributed by atoms with Gasteiger partial charge in [0.25, 0.3) is 0 Å². The minimum atomic E-state index is -1.56. The van der Waals surface area contributed by atoms with Gasteiger partial charge in [0.1, 0.15) is 0 Å². The van der Waals surface area contributed by atoms with Gasteiger partial charge in [-0.3, -0.25) is 0 Å². The molecule has 0 aromatic heterocycles. The van der Waals surface area contributed by atoms with Gasteiger partial charge in [-0.1, -0.05) is 23.2 Å². The van der Waals surface area contributed by atoms with Crippen LogP contribution >= 0.6 is 23.2 Å². The Bertz CT molecular complexity index is 355. The number of hydrogen-bond acceptors (Lipinski definition) is 3. The summed E-state index contributed by atoms with van der Waals surface area (Å²) in [5, 5.41) is 25.0. The number of aliphatic hydroxyl groups is 1. The van der Waals surface area contributed by atoms with Crippen molar-refractivity contribution >= 4 is 35.1 Å².